The quantitative estimate of drug-likeness (QED) is 0.609. The molecule has 1 aromatic carbocycles. The third-order valence-corrected chi connectivity index (χ3v) is 3.35. The molecule has 0 aliphatic carbocycles. The molecule has 0 aromatic heterocycles. The van der Waals surface area contributed by atoms with Crippen molar-refractivity contribution < 1.29 is 9.66 Å². The second-order valence-electron chi connectivity index (χ2n) is 4.12. The van der Waals surface area contributed by atoms with Crippen molar-refractivity contribution in [2.24, 2.45) is 5.92 Å². The lowest BCUT2D eigenvalue weighted by Crippen LogP contribution is -2.13. The summed E-state index contributed by atoms with van der Waals surface area (Å²) < 4.78 is 5.05. The predicted octanol–water partition coefficient (Wildman–Crippen LogP) is 3.01. The third kappa shape index (κ3) is 4.44. The fraction of sp³-hybridized carbons (Fsp3) is 0.500. The maximum atomic E-state index is 10.8. The van der Waals surface area contributed by atoms with Gasteiger partial charge in [0.05, 0.1) is 18.1 Å². The van der Waals surface area contributed by atoms with Gasteiger partial charge in [0, 0.05) is 24.4 Å². The van der Waals surface area contributed by atoms with Gasteiger partial charge >= 0.3 is 0 Å². The fourth-order valence-electron chi connectivity index (χ4n) is 1.54. The van der Waals surface area contributed by atoms with Crippen molar-refractivity contribution in [3.05, 3.63) is 28.3 Å². The molecule has 0 bridgehead atoms. The number of nitrogens with zero attached hydrogens (tertiary/aromatic N) is 1. The van der Waals surface area contributed by atoms with Gasteiger partial charge < -0.3 is 10.1 Å². The van der Waals surface area contributed by atoms with E-state index < -0.39 is 4.92 Å². The van der Waals surface area contributed by atoms with Gasteiger partial charge in [0.1, 0.15) is 5.75 Å². The summed E-state index contributed by atoms with van der Waals surface area (Å²) in [6, 6.07) is 4.70. The van der Waals surface area contributed by atoms with Crippen LogP contribution in [0.4, 0.5) is 11.4 Å². The van der Waals surface area contributed by atoms with Crippen molar-refractivity contribution in [1.29, 1.82) is 0 Å². The Labute approximate surface area is 111 Å². The standard InChI is InChI=1S/C12H18N2O3S/c1-9(8-18-3)7-13-10-4-11(14(15)16)6-12(5-10)17-2/h4-6,9,13H,7-8H2,1-3H3. The van der Waals surface area contributed by atoms with Crippen molar-refractivity contribution in [2.45, 2.75) is 6.92 Å². The van der Waals surface area contributed by atoms with Gasteiger partial charge in [0.15, 0.2) is 0 Å². The average Bonchev–Trinajstić information content (AvgIpc) is 2.36. The Balaban J connectivity index is 2.75. The van der Waals surface area contributed by atoms with Crippen molar-refractivity contribution in [1.82, 2.24) is 0 Å². The molecular formula is C12H18N2O3S. The van der Waals surface area contributed by atoms with E-state index in [1.54, 1.807) is 17.8 Å². The van der Waals surface area contributed by atoms with E-state index in [0.717, 1.165) is 12.3 Å². The number of rotatable bonds is 7. The van der Waals surface area contributed by atoms with Gasteiger partial charge in [-0.2, -0.15) is 11.8 Å². The molecule has 5 nitrogen and oxygen atoms in total. The summed E-state index contributed by atoms with van der Waals surface area (Å²) in [6.45, 7) is 2.92. The fourth-order valence-corrected chi connectivity index (χ4v) is 2.23. The highest BCUT2D eigenvalue weighted by Crippen LogP contribution is 2.25. The Morgan fingerprint density at radius 2 is 2.22 bits per heavy atom. The van der Waals surface area contributed by atoms with Crippen molar-refractivity contribution in [3.63, 3.8) is 0 Å². The smallest absolute Gasteiger partial charge is 0.275 e. The van der Waals surface area contributed by atoms with Crippen LogP contribution < -0.4 is 10.1 Å². The summed E-state index contributed by atoms with van der Waals surface area (Å²) in [6.07, 6.45) is 2.06. The molecule has 0 aliphatic heterocycles. The Bertz CT molecular complexity index is 412. The van der Waals surface area contributed by atoms with E-state index in [0.29, 0.717) is 17.4 Å². The number of anilines is 1. The number of non-ortho nitro benzene ring substituents is 1. The molecule has 1 atom stereocenters. The van der Waals surface area contributed by atoms with Crippen LogP contribution in [0.15, 0.2) is 18.2 Å². The Hall–Kier alpha value is -1.43. The molecule has 1 unspecified atom stereocenters. The minimum absolute atomic E-state index is 0.0365. The largest absolute Gasteiger partial charge is 0.496 e. The third-order valence-electron chi connectivity index (χ3n) is 2.44. The van der Waals surface area contributed by atoms with Crippen molar-refractivity contribution >= 4 is 23.1 Å². The van der Waals surface area contributed by atoms with E-state index in [1.807, 2.05) is 0 Å². The van der Waals surface area contributed by atoms with Crippen LogP contribution >= 0.6 is 11.8 Å². The van der Waals surface area contributed by atoms with Gasteiger partial charge in [-0.15, -0.1) is 0 Å². The van der Waals surface area contributed by atoms with E-state index in [-0.39, 0.29) is 5.69 Å². The zero-order chi connectivity index (χ0) is 13.5. The van der Waals surface area contributed by atoms with E-state index in [9.17, 15) is 10.1 Å². The zero-order valence-electron chi connectivity index (χ0n) is 10.8. The number of nitro groups is 1. The van der Waals surface area contributed by atoms with Gasteiger partial charge in [-0.05, 0) is 17.9 Å². The molecule has 1 rings (SSSR count). The molecule has 1 N–H and O–H groups in total. The zero-order valence-corrected chi connectivity index (χ0v) is 11.6. The van der Waals surface area contributed by atoms with Gasteiger partial charge in [-0.1, -0.05) is 6.92 Å². The van der Waals surface area contributed by atoms with E-state index >= 15 is 0 Å². The number of benzene rings is 1. The first kappa shape index (κ1) is 14.6. The van der Waals surface area contributed by atoms with Crippen LogP contribution in [0.25, 0.3) is 0 Å². The summed E-state index contributed by atoms with van der Waals surface area (Å²) in [4.78, 5) is 10.4. The number of thioether (sulfide) groups is 1. The number of methoxy groups -OCH3 is 1. The highest BCUT2D eigenvalue weighted by Gasteiger charge is 2.10. The number of nitro benzene ring substituents is 1. The predicted molar refractivity (Wildman–Crippen MR) is 75.7 cm³/mol. The highest BCUT2D eigenvalue weighted by molar-refractivity contribution is 7.98. The molecular weight excluding hydrogens is 252 g/mol. The van der Waals surface area contributed by atoms with Crippen LogP contribution in [0, 0.1) is 16.0 Å². The normalized spacial score (nSPS) is 11.9. The lowest BCUT2D eigenvalue weighted by Gasteiger charge is -2.13. The van der Waals surface area contributed by atoms with Crippen LogP contribution in [-0.2, 0) is 0 Å². The molecule has 0 saturated carbocycles. The number of ether oxygens (including phenoxy) is 1. The molecule has 18 heavy (non-hydrogen) atoms. The van der Waals surface area contributed by atoms with E-state index in [4.69, 9.17) is 4.74 Å². The van der Waals surface area contributed by atoms with Gasteiger partial charge in [0.2, 0.25) is 0 Å². The SMILES string of the molecule is COc1cc(NCC(C)CSC)cc([N+](=O)[O-])c1. The summed E-state index contributed by atoms with van der Waals surface area (Å²) in [5, 5.41) is 14.0. The van der Waals surface area contributed by atoms with Gasteiger partial charge in [-0.25, -0.2) is 0 Å². The maximum Gasteiger partial charge on any atom is 0.275 e. The molecule has 0 radical (unpaired) electrons. The van der Waals surface area contributed by atoms with E-state index in [2.05, 4.69) is 18.5 Å². The molecule has 6 heteroatoms. The molecule has 0 saturated heterocycles. The monoisotopic (exact) mass is 270 g/mol. The number of nitrogens with one attached hydrogen (secondary N) is 1. The molecule has 1 aromatic rings. The van der Waals surface area contributed by atoms with Crippen LogP contribution in [0.2, 0.25) is 0 Å². The molecule has 0 spiro atoms. The van der Waals surface area contributed by atoms with Crippen molar-refractivity contribution in [2.75, 3.05) is 31.0 Å². The van der Waals surface area contributed by atoms with Crippen molar-refractivity contribution in [3.8, 4) is 5.75 Å². The number of hydrogen-bond donors (Lipinski definition) is 1. The lowest BCUT2D eigenvalue weighted by atomic mass is 10.2. The first-order valence-corrected chi connectivity index (χ1v) is 7.02. The second kappa shape index (κ2) is 7.10. The molecule has 0 amide bonds. The van der Waals surface area contributed by atoms with Crippen LogP contribution in [0.5, 0.6) is 5.75 Å². The maximum absolute atomic E-state index is 10.8. The first-order valence-electron chi connectivity index (χ1n) is 5.63. The van der Waals surface area contributed by atoms with Crippen LogP contribution in [-0.4, -0.2) is 30.6 Å². The summed E-state index contributed by atoms with van der Waals surface area (Å²) in [5.41, 5.74) is 0.753. The van der Waals surface area contributed by atoms with Gasteiger partial charge in [0.25, 0.3) is 5.69 Å². The Morgan fingerprint density at radius 3 is 2.78 bits per heavy atom. The first-order chi connectivity index (χ1) is 8.56. The highest BCUT2D eigenvalue weighted by atomic mass is 32.2. The molecule has 0 fully saturated rings. The van der Waals surface area contributed by atoms with E-state index in [1.165, 1.54) is 19.2 Å². The van der Waals surface area contributed by atoms with Crippen LogP contribution in [0.1, 0.15) is 6.92 Å². The topological polar surface area (TPSA) is 64.4 Å². The Morgan fingerprint density at radius 1 is 1.50 bits per heavy atom. The lowest BCUT2D eigenvalue weighted by molar-refractivity contribution is -0.384. The Kier molecular flexibility index (Phi) is 5.77. The second-order valence-corrected chi connectivity index (χ2v) is 5.03. The summed E-state index contributed by atoms with van der Waals surface area (Å²) in [7, 11) is 1.50. The van der Waals surface area contributed by atoms with Gasteiger partial charge in [-0.3, -0.25) is 10.1 Å². The minimum Gasteiger partial charge on any atom is -0.496 e. The summed E-state index contributed by atoms with van der Waals surface area (Å²) >= 11 is 1.79. The van der Waals surface area contributed by atoms with Crippen LogP contribution in [0.3, 0.4) is 0 Å². The minimum atomic E-state index is -0.418. The molecule has 0 aliphatic rings. The molecule has 100 valence electrons. The molecule has 0 heterocycles. The average molecular weight is 270 g/mol. The summed E-state index contributed by atoms with van der Waals surface area (Å²) in [5.74, 6) is 2.05. The number of hydrogen-bond acceptors (Lipinski definition) is 5.